The van der Waals surface area contributed by atoms with E-state index in [9.17, 15) is 9.59 Å². The number of carbonyl (C=O) groups is 2. The van der Waals surface area contributed by atoms with Crippen LogP contribution in [-0.2, 0) is 14.3 Å². The first-order chi connectivity index (χ1) is 15.0. The minimum atomic E-state index is -0.892. The third-order valence-electron chi connectivity index (χ3n) is 9.25. The van der Waals surface area contributed by atoms with Crippen LogP contribution in [0.15, 0.2) is 0 Å². The number of ether oxygens (including phenoxy) is 1. The fourth-order valence-electron chi connectivity index (χ4n) is 6.92. The summed E-state index contributed by atoms with van der Waals surface area (Å²) in [6.07, 6.45) is 19.3. The molecule has 3 fully saturated rings. The van der Waals surface area contributed by atoms with Crippen LogP contribution in [-0.4, -0.2) is 18.4 Å². The van der Waals surface area contributed by atoms with Crippen LogP contribution in [0.2, 0.25) is 0 Å². The number of ketones is 1. The first-order valence-corrected chi connectivity index (χ1v) is 13.7. The van der Waals surface area contributed by atoms with Crippen LogP contribution >= 0.6 is 0 Å². The highest BCUT2D eigenvalue weighted by molar-refractivity contribution is 6.04. The summed E-state index contributed by atoms with van der Waals surface area (Å²) in [7, 11) is 0. The standard InChI is InChI=1S/C28H48O3/c1-4-6-7-19-31-27(30)28(3)18-17-25(20-26(28)29)24-15-13-23(14-16-24)22-11-9-21(8-5-2)10-12-22/h21-25H,4-20H2,1-3H3/t21-,22-,23?,24?,25-,28+/m1/s1. The fraction of sp³-hybridized carbons (Fsp3) is 0.929. The highest BCUT2D eigenvalue weighted by Gasteiger charge is 2.47. The van der Waals surface area contributed by atoms with E-state index >= 15 is 0 Å². The van der Waals surface area contributed by atoms with Crippen molar-refractivity contribution in [2.24, 2.45) is 35.0 Å². The lowest BCUT2D eigenvalue weighted by Crippen LogP contribution is -2.44. The first-order valence-electron chi connectivity index (χ1n) is 13.7. The van der Waals surface area contributed by atoms with Crippen LogP contribution in [0.5, 0.6) is 0 Å². The Morgan fingerprint density at radius 1 is 0.839 bits per heavy atom. The minimum absolute atomic E-state index is 0.139. The van der Waals surface area contributed by atoms with Gasteiger partial charge in [-0.15, -0.1) is 0 Å². The summed E-state index contributed by atoms with van der Waals surface area (Å²) >= 11 is 0. The average Bonchev–Trinajstić information content (AvgIpc) is 2.79. The molecule has 0 saturated heterocycles. The van der Waals surface area contributed by atoms with Gasteiger partial charge in [0.25, 0.3) is 0 Å². The molecule has 0 spiro atoms. The molecular weight excluding hydrogens is 384 g/mol. The summed E-state index contributed by atoms with van der Waals surface area (Å²) in [6.45, 7) is 6.75. The van der Waals surface area contributed by atoms with Crippen LogP contribution in [0.1, 0.15) is 124 Å². The Balaban J connectivity index is 1.41. The number of hydrogen-bond acceptors (Lipinski definition) is 3. The SMILES string of the molecule is CCCCCOC(=O)[C@@]1(C)CC[C@@H](C2CCC([C@H]3CC[C@H](CCC)CC3)CC2)CC1=O. The topological polar surface area (TPSA) is 43.4 Å². The van der Waals surface area contributed by atoms with Crippen molar-refractivity contribution in [2.75, 3.05) is 6.61 Å². The molecule has 3 saturated carbocycles. The number of carbonyl (C=O) groups excluding carboxylic acids is 2. The van der Waals surface area contributed by atoms with Crippen molar-refractivity contribution in [1.29, 1.82) is 0 Å². The van der Waals surface area contributed by atoms with Gasteiger partial charge in [-0.05, 0) is 94.3 Å². The predicted octanol–water partition coefficient (Wildman–Crippen LogP) is 7.51. The van der Waals surface area contributed by atoms with E-state index in [-0.39, 0.29) is 11.8 Å². The molecule has 0 aromatic carbocycles. The monoisotopic (exact) mass is 432 g/mol. The molecule has 0 heterocycles. The molecule has 0 N–H and O–H groups in total. The van der Waals surface area contributed by atoms with E-state index in [4.69, 9.17) is 4.74 Å². The van der Waals surface area contributed by atoms with E-state index in [1.165, 1.54) is 64.2 Å². The number of Topliss-reactive ketones (excluding diaryl/α,β-unsaturated/α-hetero) is 1. The lowest BCUT2D eigenvalue weighted by molar-refractivity contribution is -0.162. The molecule has 3 rings (SSSR count). The molecule has 178 valence electrons. The lowest BCUT2D eigenvalue weighted by atomic mass is 9.62. The maximum Gasteiger partial charge on any atom is 0.319 e. The van der Waals surface area contributed by atoms with Crippen molar-refractivity contribution >= 4 is 11.8 Å². The molecule has 0 amide bonds. The van der Waals surface area contributed by atoms with Crippen LogP contribution in [0.3, 0.4) is 0 Å². The molecule has 0 bridgehead atoms. The Morgan fingerprint density at radius 3 is 1.97 bits per heavy atom. The summed E-state index contributed by atoms with van der Waals surface area (Å²) in [4.78, 5) is 25.6. The normalized spacial score (nSPS) is 36.9. The molecule has 3 aliphatic rings. The second-order valence-electron chi connectivity index (χ2n) is 11.3. The molecule has 2 atom stereocenters. The van der Waals surface area contributed by atoms with Crippen LogP contribution < -0.4 is 0 Å². The van der Waals surface area contributed by atoms with Gasteiger partial charge < -0.3 is 4.74 Å². The molecule has 3 nitrogen and oxygen atoms in total. The van der Waals surface area contributed by atoms with Gasteiger partial charge in [-0.3, -0.25) is 9.59 Å². The van der Waals surface area contributed by atoms with Gasteiger partial charge in [0, 0.05) is 6.42 Å². The second kappa shape index (κ2) is 11.8. The van der Waals surface area contributed by atoms with E-state index < -0.39 is 5.41 Å². The molecule has 0 aromatic rings. The number of rotatable bonds is 9. The Morgan fingerprint density at radius 2 is 1.42 bits per heavy atom. The summed E-state index contributed by atoms with van der Waals surface area (Å²) in [5.74, 6) is 3.96. The quantitative estimate of drug-likeness (QED) is 0.215. The van der Waals surface area contributed by atoms with Crippen molar-refractivity contribution in [3.8, 4) is 0 Å². The van der Waals surface area contributed by atoms with Crippen LogP contribution in [0.4, 0.5) is 0 Å². The molecule has 0 aromatic heterocycles. The van der Waals surface area contributed by atoms with Crippen molar-refractivity contribution in [1.82, 2.24) is 0 Å². The van der Waals surface area contributed by atoms with Crippen LogP contribution in [0, 0.1) is 35.0 Å². The van der Waals surface area contributed by atoms with Crippen LogP contribution in [0.25, 0.3) is 0 Å². The van der Waals surface area contributed by atoms with Gasteiger partial charge in [-0.1, -0.05) is 52.4 Å². The zero-order chi connectivity index (χ0) is 22.3. The van der Waals surface area contributed by atoms with Gasteiger partial charge in [0.1, 0.15) is 11.2 Å². The third kappa shape index (κ3) is 6.35. The third-order valence-corrected chi connectivity index (χ3v) is 9.25. The Labute approximate surface area is 191 Å². The van der Waals surface area contributed by atoms with Crippen molar-refractivity contribution < 1.29 is 14.3 Å². The maximum atomic E-state index is 13.0. The van der Waals surface area contributed by atoms with Crippen molar-refractivity contribution in [3.05, 3.63) is 0 Å². The highest BCUT2D eigenvalue weighted by atomic mass is 16.5. The van der Waals surface area contributed by atoms with Gasteiger partial charge in [-0.25, -0.2) is 0 Å². The molecule has 31 heavy (non-hydrogen) atoms. The zero-order valence-corrected chi connectivity index (χ0v) is 20.6. The van der Waals surface area contributed by atoms with E-state index in [1.807, 2.05) is 6.92 Å². The predicted molar refractivity (Wildman–Crippen MR) is 127 cm³/mol. The zero-order valence-electron chi connectivity index (χ0n) is 20.6. The fourth-order valence-corrected chi connectivity index (χ4v) is 6.92. The number of hydrogen-bond donors (Lipinski definition) is 0. The largest absolute Gasteiger partial charge is 0.465 e. The highest BCUT2D eigenvalue weighted by Crippen LogP contribution is 2.47. The molecule has 0 unspecified atom stereocenters. The van der Waals surface area contributed by atoms with Crippen molar-refractivity contribution in [3.63, 3.8) is 0 Å². The molecule has 0 radical (unpaired) electrons. The van der Waals surface area contributed by atoms with Gasteiger partial charge in [0.05, 0.1) is 6.61 Å². The van der Waals surface area contributed by atoms with Gasteiger partial charge in [0.15, 0.2) is 0 Å². The Bertz CT molecular complexity index is 569. The van der Waals surface area contributed by atoms with Gasteiger partial charge in [0.2, 0.25) is 0 Å². The van der Waals surface area contributed by atoms with E-state index in [0.717, 1.165) is 43.4 Å². The van der Waals surface area contributed by atoms with Gasteiger partial charge in [-0.2, -0.15) is 0 Å². The van der Waals surface area contributed by atoms with E-state index in [1.54, 1.807) is 0 Å². The number of unbranched alkanes of at least 4 members (excludes halogenated alkanes) is 2. The molecular formula is C28H48O3. The molecule has 3 aliphatic carbocycles. The number of esters is 1. The Hall–Kier alpha value is -0.860. The average molecular weight is 433 g/mol. The molecule has 3 heteroatoms. The van der Waals surface area contributed by atoms with E-state index in [0.29, 0.717) is 31.3 Å². The first kappa shape index (κ1) is 24.8. The summed E-state index contributed by atoms with van der Waals surface area (Å²) < 4.78 is 5.48. The van der Waals surface area contributed by atoms with E-state index in [2.05, 4.69) is 13.8 Å². The second-order valence-corrected chi connectivity index (χ2v) is 11.3. The smallest absolute Gasteiger partial charge is 0.319 e. The molecule has 0 aliphatic heterocycles. The minimum Gasteiger partial charge on any atom is -0.465 e. The lowest BCUT2D eigenvalue weighted by Gasteiger charge is -2.42. The van der Waals surface area contributed by atoms with Crippen molar-refractivity contribution in [2.45, 2.75) is 124 Å². The summed E-state index contributed by atoms with van der Waals surface area (Å²) in [5, 5.41) is 0. The maximum absolute atomic E-state index is 13.0. The summed E-state index contributed by atoms with van der Waals surface area (Å²) in [5.41, 5.74) is -0.892. The summed E-state index contributed by atoms with van der Waals surface area (Å²) in [6, 6.07) is 0. The van der Waals surface area contributed by atoms with Gasteiger partial charge >= 0.3 is 5.97 Å². The Kier molecular flexibility index (Phi) is 9.47.